The third kappa shape index (κ3) is 3.45. The van der Waals surface area contributed by atoms with E-state index in [0.717, 1.165) is 12.1 Å². The lowest BCUT2D eigenvalue weighted by Gasteiger charge is -2.20. The van der Waals surface area contributed by atoms with E-state index < -0.39 is 21.7 Å². The molecule has 1 aromatic carbocycles. The standard InChI is InChI=1S/C14H20F2N2O3S/c1-17(2)6-10-7-18(8-11(10)9-19)22(20,21)12-3-4-13(15)14(16)5-12/h3-5,10-11,19H,6-9H2,1-2H3/t10-,11-/m1/s1. The zero-order valence-corrected chi connectivity index (χ0v) is 13.4. The molecule has 0 aliphatic carbocycles. The Balaban J connectivity index is 2.24. The van der Waals surface area contributed by atoms with E-state index in [1.807, 2.05) is 19.0 Å². The van der Waals surface area contributed by atoms with Crippen molar-refractivity contribution in [2.45, 2.75) is 4.90 Å². The van der Waals surface area contributed by atoms with Gasteiger partial charge in [0.25, 0.3) is 0 Å². The molecule has 0 aromatic heterocycles. The van der Waals surface area contributed by atoms with Crippen LogP contribution in [0.5, 0.6) is 0 Å². The Bertz CT molecular complexity index is 637. The summed E-state index contributed by atoms with van der Waals surface area (Å²) in [7, 11) is -0.141. The highest BCUT2D eigenvalue weighted by molar-refractivity contribution is 7.89. The molecule has 0 unspecified atom stereocenters. The minimum atomic E-state index is -3.89. The smallest absolute Gasteiger partial charge is 0.243 e. The predicted molar refractivity (Wildman–Crippen MR) is 77.7 cm³/mol. The van der Waals surface area contributed by atoms with Crippen molar-refractivity contribution in [1.82, 2.24) is 9.21 Å². The van der Waals surface area contributed by atoms with Gasteiger partial charge in [0.2, 0.25) is 10.0 Å². The molecule has 0 radical (unpaired) electrons. The van der Waals surface area contributed by atoms with Crippen molar-refractivity contribution in [3.8, 4) is 0 Å². The number of benzene rings is 1. The molecule has 8 heteroatoms. The zero-order valence-electron chi connectivity index (χ0n) is 12.5. The molecular weight excluding hydrogens is 314 g/mol. The summed E-state index contributed by atoms with van der Waals surface area (Å²) in [6, 6.07) is 2.55. The number of nitrogens with zero attached hydrogens (tertiary/aromatic N) is 2. The largest absolute Gasteiger partial charge is 0.396 e. The molecule has 2 rings (SSSR count). The molecule has 1 aromatic rings. The summed E-state index contributed by atoms with van der Waals surface area (Å²) in [5.41, 5.74) is 0. The summed E-state index contributed by atoms with van der Waals surface area (Å²) in [4.78, 5) is 1.66. The number of halogens is 2. The summed E-state index contributed by atoms with van der Waals surface area (Å²) in [6.45, 7) is 0.971. The summed E-state index contributed by atoms with van der Waals surface area (Å²) in [5.74, 6) is -2.44. The van der Waals surface area contributed by atoms with Crippen LogP contribution in [0.3, 0.4) is 0 Å². The summed E-state index contributed by atoms with van der Waals surface area (Å²) in [5, 5.41) is 9.43. The highest BCUT2D eigenvalue weighted by Gasteiger charge is 2.39. The SMILES string of the molecule is CN(C)C[C@@H]1CN(S(=O)(=O)c2ccc(F)c(F)c2)C[C@@H]1CO. The van der Waals surface area contributed by atoms with Gasteiger partial charge in [-0.1, -0.05) is 0 Å². The van der Waals surface area contributed by atoms with Crippen LogP contribution in [0.4, 0.5) is 8.78 Å². The van der Waals surface area contributed by atoms with Crippen molar-refractivity contribution in [2.24, 2.45) is 11.8 Å². The first-order valence-electron chi connectivity index (χ1n) is 6.96. The molecule has 22 heavy (non-hydrogen) atoms. The predicted octanol–water partition coefficient (Wildman–Crippen LogP) is 0.755. The Morgan fingerprint density at radius 3 is 2.41 bits per heavy atom. The van der Waals surface area contributed by atoms with Gasteiger partial charge in [0.15, 0.2) is 11.6 Å². The molecule has 0 spiro atoms. The fourth-order valence-electron chi connectivity index (χ4n) is 2.76. The molecule has 1 saturated heterocycles. The van der Waals surface area contributed by atoms with E-state index in [1.165, 1.54) is 4.31 Å². The molecular formula is C14H20F2N2O3S. The van der Waals surface area contributed by atoms with Gasteiger partial charge in [-0.15, -0.1) is 0 Å². The maximum atomic E-state index is 13.3. The van der Waals surface area contributed by atoms with Crippen LogP contribution >= 0.6 is 0 Å². The van der Waals surface area contributed by atoms with Crippen LogP contribution < -0.4 is 0 Å². The van der Waals surface area contributed by atoms with Crippen LogP contribution in [0.15, 0.2) is 23.1 Å². The van der Waals surface area contributed by atoms with Gasteiger partial charge in [-0.25, -0.2) is 17.2 Å². The third-order valence-electron chi connectivity index (χ3n) is 3.91. The quantitative estimate of drug-likeness (QED) is 0.863. The molecule has 5 nitrogen and oxygen atoms in total. The minimum Gasteiger partial charge on any atom is -0.396 e. The Morgan fingerprint density at radius 2 is 1.86 bits per heavy atom. The molecule has 0 bridgehead atoms. The van der Waals surface area contributed by atoms with E-state index in [4.69, 9.17) is 0 Å². The van der Waals surface area contributed by atoms with Crippen molar-refractivity contribution < 1.29 is 22.3 Å². The van der Waals surface area contributed by atoms with Gasteiger partial charge < -0.3 is 10.0 Å². The van der Waals surface area contributed by atoms with Gasteiger partial charge in [-0.2, -0.15) is 4.31 Å². The first kappa shape index (κ1) is 17.3. The van der Waals surface area contributed by atoms with E-state index in [9.17, 15) is 22.3 Å². The van der Waals surface area contributed by atoms with Crippen LogP contribution in [-0.2, 0) is 10.0 Å². The van der Waals surface area contributed by atoms with Gasteiger partial charge in [0.1, 0.15) is 0 Å². The third-order valence-corrected chi connectivity index (χ3v) is 5.73. The highest BCUT2D eigenvalue weighted by atomic mass is 32.2. The molecule has 0 amide bonds. The number of sulfonamides is 1. The number of rotatable bonds is 5. The van der Waals surface area contributed by atoms with Crippen molar-refractivity contribution in [3.05, 3.63) is 29.8 Å². The first-order valence-corrected chi connectivity index (χ1v) is 8.40. The second kappa shape index (κ2) is 6.57. The maximum Gasteiger partial charge on any atom is 0.243 e. The molecule has 1 aliphatic rings. The van der Waals surface area contributed by atoms with Crippen LogP contribution in [0, 0.1) is 23.5 Å². The van der Waals surface area contributed by atoms with Crippen molar-refractivity contribution in [1.29, 1.82) is 0 Å². The van der Waals surface area contributed by atoms with E-state index >= 15 is 0 Å². The Hall–Kier alpha value is -1.09. The maximum absolute atomic E-state index is 13.3. The molecule has 1 heterocycles. The van der Waals surface area contributed by atoms with Crippen molar-refractivity contribution >= 4 is 10.0 Å². The lowest BCUT2D eigenvalue weighted by atomic mass is 9.97. The van der Waals surface area contributed by atoms with E-state index in [1.54, 1.807) is 0 Å². The first-order chi connectivity index (χ1) is 10.3. The Kier molecular flexibility index (Phi) is 5.16. The molecule has 0 saturated carbocycles. The average Bonchev–Trinajstić information content (AvgIpc) is 2.84. The highest BCUT2D eigenvalue weighted by Crippen LogP contribution is 2.29. The van der Waals surface area contributed by atoms with E-state index in [-0.39, 0.29) is 36.4 Å². The number of aliphatic hydroxyl groups is 1. The van der Waals surface area contributed by atoms with Crippen LogP contribution in [0.2, 0.25) is 0 Å². The molecule has 2 atom stereocenters. The van der Waals surface area contributed by atoms with Gasteiger partial charge in [-0.05, 0) is 38.2 Å². The summed E-state index contributed by atoms with van der Waals surface area (Å²) >= 11 is 0. The Labute approximate surface area is 129 Å². The molecule has 124 valence electrons. The number of hydrogen-bond donors (Lipinski definition) is 1. The van der Waals surface area contributed by atoms with Gasteiger partial charge in [0, 0.05) is 32.2 Å². The lowest BCUT2D eigenvalue weighted by molar-refractivity contribution is 0.185. The fourth-order valence-corrected chi connectivity index (χ4v) is 4.33. The zero-order chi connectivity index (χ0) is 16.5. The second-order valence-electron chi connectivity index (χ2n) is 5.86. The Morgan fingerprint density at radius 1 is 1.23 bits per heavy atom. The van der Waals surface area contributed by atoms with Gasteiger partial charge in [-0.3, -0.25) is 0 Å². The lowest BCUT2D eigenvalue weighted by Crippen LogP contribution is -2.31. The summed E-state index contributed by atoms with van der Waals surface area (Å²) in [6.07, 6.45) is 0. The topological polar surface area (TPSA) is 60.9 Å². The van der Waals surface area contributed by atoms with E-state index in [2.05, 4.69) is 0 Å². The monoisotopic (exact) mass is 334 g/mol. The second-order valence-corrected chi connectivity index (χ2v) is 7.80. The molecule has 1 fully saturated rings. The molecule has 1 aliphatic heterocycles. The number of hydrogen-bond acceptors (Lipinski definition) is 4. The average molecular weight is 334 g/mol. The van der Waals surface area contributed by atoms with E-state index in [0.29, 0.717) is 12.6 Å². The van der Waals surface area contributed by atoms with Gasteiger partial charge >= 0.3 is 0 Å². The van der Waals surface area contributed by atoms with Crippen LogP contribution in [-0.4, -0.2) is 63.1 Å². The van der Waals surface area contributed by atoms with Crippen molar-refractivity contribution in [3.63, 3.8) is 0 Å². The normalized spacial score (nSPS) is 23.4. The van der Waals surface area contributed by atoms with Crippen LogP contribution in [0.1, 0.15) is 0 Å². The number of aliphatic hydroxyl groups excluding tert-OH is 1. The van der Waals surface area contributed by atoms with Crippen molar-refractivity contribution in [2.75, 3.05) is 40.3 Å². The van der Waals surface area contributed by atoms with Crippen LogP contribution in [0.25, 0.3) is 0 Å². The summed E-state index contributed by atoms with van der Waals surface area (Å²) < 4.78 is 52.5. The minimum absolute atomic E-state index is 0.0000651. The van der Waals surface area contributed by atoms with Gasteiger partial charge in [0.05, 0.1) is 4.90 Å². The molecule has 1 N–H and O–H groups in total. The fraction of sp³-hybridized carbons (Fsp3) is 0.571.